The summed E-state index contributed by atoms with van der Waals surface area (Å²) < 4.78 is 0. The van der Waals surface area contributed by atoms with Crippen LogP contribution in [0.3, 0.4) is 0 Å². The van der Waals surface area contributed by atoms with Crippen LogP contribution in [0.2, 0.25) is 0 Å². The molecule has 1 unspecified atom stereocenters. The molecule has 2 aromatic rings. The van der Waals surface area contributed by atoms with Crippen LogP contribution < -0.4 is 10.2 Å². The Kier molecular flexibility index (Phi) is 2.98. The van der Waals surface area contributed by atoms with Crippen LogP contribution in [0, 0.1) is 0 Å². The Balaban J connectivity index is 1.78. The molecule has 0 saturated carbocycles. The third-order valence-corrected chi connectivity index (χ3v) is 3.49. The lowest BCUT2D eigenvalue weighted by Gasteiger charge is -2.24. The summed E-state index contributed by atoms with van der Waals surface area (Å²) in [6.07, 6.45) is 4.98. The fourth-order valence-electron chi connectivity index (χ4n) is 2.31. The van der Waals surface area contributed by atoms with Gasteiger partial charge in [-0.05, 0) is 31.2 Å². The SMILES string of the molecule is CN(c1ccc(-c2cc[nH]c2)nn1)C1CCNC1. The van der Waals surface area contributed by atoms with Crippen LogP contribution in [0.15, 0.2) is 30.6 Å². The first-order valence-electron chi connectivity index (χ1n) is 6.25. The first-order valence-corrected chi connectivity index (χ1v) is 6.25. The Bertz CT molecular complexity index is 485. The average Bonchev–Trinajstić information content (AvgIpc) is 3.11. The van der Waals surface area contributed by atoms with E-state index in [0.717, 1.165) is 36.6 Å². The number of nitrogens with one attached hydrogen (secondary N) is 2. The van der Waals surface area contributed by atoms with E-state index in [-0.39, 0.29) is 0 Å². The van der Waals surface area contributed by atoms with Crippen LogP contribution in [0.25, 0.3) is 11.3 Å². The molecule has 0 radical (unpaired) electrons. The highest BCUT2D eigenvalue weighted by Gasteiger charge is 2.20. The summed E-state index contributed by atoms with van der Waals surface area (Å²) in [6, 6.07) is 6.57. The highest BCUT2D eigenvalue weighted by Crippen LogP contribution is 2.19. The van der Waals surface area contributed by atoms with Crippen molar-refractivity contribution in [3.05, 3.63) is 30.6 Å². The zero-order valence-corrected chi connectivity index (χ0v) is 10.4. The molecule has 2 aromatic heterocycles. The summed E-state index contributed by atoms with van der Waals surface area (Å²) in [4.78, 5) is 5.23. The van der Waals surface area contributed by atoms with Gasteiger partial charge in [0, 0.05) is 37.6 Å². The Hall–Kier alpha value is -1.88. The van der Waals surface area contributed by atoms with Gasteiger partial charge in [0.2, 0.25) is 0 Å². The summed E-state index contributed by atoms with van der Waals surface area (Å²) in [6.45, 7) is 2.11. The van der Waals surface area contributed by atoms with Crippen LogP contribution in [0.1, 0.15) is 6.42 Å². The second-order valence-corrected chi connectivity index (χ2v) is 4.63. The van der Waals surface area contributed by atoms with Crippen LogP contribution in [0.4, 0.5) is 5.82 Å². The molecule has 0 amide bonds. The molecule has 2 N–H and O–H groups in total. The number of H-pyrrole nitrogens is 1. The number of aromatic nitrogens is 3. The van der Waals surface area contributed by atoms with Crippen molar-refractivity contribution in [1.29, 1.82) is 0 Å². The topological polar surface area (TPSA) is 56.8 Å². The predicted molar refractivity (Wildman–Crippen MR) is 71.5 cm³/mol. The van der Waals surface area contributed by atoms with Crippen LogP contribution in [0.5, 0.6) is 0 Å². The van der Waals surface area contributed by atoms with E-state index < -0.39 is 0 Å². The molecule has 0 spiro atoms. The van der Waals surface area contributed by atoms with Crippen molar-refractivity contribution in [2.24, 2.45) is 0 Å². The third kappa shape index (κ3) is 2.09. The molecule has 1 atom stereocenters. The summed E-state index contributed by atoms with van der Waals surface area (Å²) in [7, 11) is 2.08. The van der Waals surface area contributed by atoms with Gasteiger partial charge in [-0.1, -0.05) is 0 Å². The van der Waals surface area contributed by atoms with Gasteiger partial charge in [-0.2, -0.15) is 0 Å². The number of aromatic amines is 1. The van der Waals surface area contributed by atoms with E-state index in [1.165, 1.54) is 0 Å². The fourth-order valence-corrected chi connectivity index (χ4v) is 2.31. The highest BCUT2D eigenvalue weighted by atomic mass is 15.3. The van der Waals surface area contributed by atoms with Crippen LogP contribution >= 0.6 is 0 Å². The lowest BCUT2D eigenvalue weighted by Crippen LogP contribution is -2.34. The number of hydrogen-bond acceptors (Lipinski definition) is 4. The zero-order valence-electron chi connectivity index (χ0n) is 10.4. The van der Waals surface area contributed by atoms with Crippen molar-refractivity contribution in [1.82, 2.24) is 20.5 Å². The van der Waals surface area contributed by atoms with Gasteiger partial charge < -0.3 is 15.2 Å². The van der Waals surface area contributed by atoms with Crippen molar-refractivity contribution < 1.29 is 0 Å². The van der Waals surface area contributed by atoms with Gasteiger partial charge in [-0.25, -0.2) is 0 Å². The van der Waals surface area contributed by atoms with E-state index >= 15 is 0 Å². The molecule has 18 heavy (non-hydrogen) atoms. The molecular formula is C13H17N5. The van der Waals surface area contributed by atoms with E-state index in [1.54, 1.807) is 0 Å². The number of hydrogen-bond donors (Lipinski definition) is 2. The smallest absolute Gasteiger partial charge is 0.151 e. The maximum absolute atomic E-state index is 4.31. The fraction of sp³-hybridized carbons (Fsp3) is 0.385. The quantitative estimate of drug-likeness (QED) is 0.852. The summed E-state index contributed by atoms with van der Waals surface area (Å²) >= 11 is 0. The van der Waals surface area contributed by atoms with Gasteiger partial charge >= 0.3 is 0 Å². The Morgan fingerprint density at radius 3 is 2.83 bits per heavy atom. The van der Waals surface area contributed by atoms with E-state index in [9.17, 15) is 0 Å². The van der Waals surface area contributed by atoms with Gasteiger partial charge in [0.15, 0.2) is 5.82 Å². The van der Waals surface area contributed by atoms with E-state index in [4.69, 9.17) is 0 Å². The van der Waals surface area contributed by atoms with E-state index in [1.807, 2.05) is 30.6 Å². The number of likely N-dealkylation sites (N-methyl/N-ethyl adjacent to an activating group) is 1. The summed E-state index contributed by atoms with van der Waals surface area (Å²) in [5.74, 6) is 0.933. The molecule has 3 rings (SSSR count). The number of rotatable bonds is 3. The highest BCUT2D eigenvalue weighted by molar-refractivity contribution is 5.58. The maximum atomic E-state index is 4.31. The van der Waals surface area contributed by atoms with Crippen molar-refractivity contribution >= 4 is 5.82 Å². The molecule has 1 aliphatic rings. The molecule has 0 bridgehead atoms. The Labute approximate surface area is 106 Å². The van der Waals surface area contributed by atoms with Gasteiger partial charge in [0.25, 0.3) is 0 Å². The third-order valence-electron chi connectivity index (χ3n) is 3.49. The van der Waals surface area contributed by atoms with Gasteiger partial charge in [0.05, 0.1) is 5.69 Å². The molecule has 94 valence electrons. The summed E-state index contributed by atoms with van der Waals surface area (Å²) in [5, 5.41) is 12.0. The largest absolute Gasteiger partial charge is 0.367 e. The molecule has 1 saturated heterocycles. The molecule has 0 aromatic carbocycles. The second-order valence-electron chi connectivity index (χ2n) is 4.63. The molecule has 0 aliphatic carbocycles. The summed E-state index contributed by atoms with van der Waals surface area (Å²) in [5.41, 5.74) is 1.97. The average molecular weight is 243 g/mol. The molecule has 5 nitrogen and oxygen atoms in total. The van der Waals surface area contributed by atoms with E-state index in [0.29, 0.717) is 6.04 Å². The molecular weight excluding hydrogens is 226 g/mol. The second kappa shape index (κ2) is 4.78. The number of nitrogens with zero attached hydrogens (tertiary/aromatic N) is 3. The van der Waals surface area contributed by atoms with Gasteiger partial charge in [0.1, 0.15) is 0 Å². The van der Waals surface area contributed by atoms with Crippen molar-refractivity contribution in [2.45, 2.75) is 12.5 Å². The monoisotopic (exact) mass is 243 g/mol. The minimum atomic E-state index is 0.525. The predicted octanol–water partition coefficient (Wildman–Crippen LogP) is 1.27. The first-order chi connectivity index (χ1) is 8.84. The van der Waals surface area contributed by atoms with Crippen LogP contribution in [-0.4, -0.2) is 41.4 Å². The van der Waals surface area contributed by atoms with Crippen molar-refractivity contribution in [3.8, 4) is 11.3 Å². The zero-order chi connectivity index (χ0) is 12.4. The number of anilines is 1. The molecule has 3 heterocycles. The van der Waals surface area contributed by atoms with Crippen molar-refractivity contribution in [2.75, 3.05) is 25.0 Å². The molecule has 1 aliphatic heterocycles. The Morgan fingerprint density at radius 2 is 2.22 bits per heavy atom. The Morgan fingerprint density at radius 1 is 1.28 bits per heavy atom. The van der Waals surface area contributed by atoms with Crippen molar-refractivity contribution in [3.63, 3.8) is 0 Å². The normalized spacial score (nSPS) is 19.1. The van der Waals surface area contributed by atoms with Crippen LogP contribution in [-0.2, 0) is 0 Å². The maximum Gasteiger partial charge on any atom is 0.151 e. The molecule has 5 heteroatoms. The molecule has 1 fully saturated rings. The first kappa shape index (κ1) is 11.2. The minimum absolute atomic E-state index is 0.525. The van der Waals surface area contributed by atoms with Gasteiger partial charge in [-0.3, -0.25) is 0 Å². The van der Waals surface area contributed by atoms with Gasteiger partial charge in [-0.15, -0.1) is 10.2 Å². The minimum Gasteiger partial charge on any atom is -0.367 e. The lowest BCUT2D eigenvalue weighted by atomic mass is 10.2. The van der Waals surface area contributed by atoms with E-state index in [2.05, 4.69) is 32.4 Å². The standard InChI is InChI=1S/C13H17N5/c1-18(11-5-7-15-9-11)13-3-2-12(16-17-13)10-4-6-14-8-10/h2-4,6,8,11,14-15H,5,7,9H2,1H3. The lowest BCUT2D eigenvalue weighted by molar-refractivity contribution is 0.673.